The Hall–Kier alpha value is -2.46. The Morgan fingerprint density at radius 1 is 1.38 bits per heavy atom. The summed E-state index contributed by atoms with van der Waals surface area (Å²) >= 11 is 0. The van der Waals surface area contributed by atoms with Crippen LogP contribution in [0.4, 0.5) is 11.4 Å². The lowest BCUT2D eigenvalue weighted by Crippen LogP contribution is -1.91. The van der Waals surface area contributed by atoms with Crippen molar-refractivity contribution in [2.75, 3.05) is 17.2 Å². The van der Waals surface area contributed by atoms with Gasteiger partial charge < -0.3 is 10.6 Å². The minimum absolute atomic E-state index is 0.0682. The molecule has 4 heteroatoms. The fourth-order valence-electron chi connectivity index (χ4n) is 1.64. The summed E-state index contributed by atoms with van der Waals surface area (Å²) in [5.41, 5.74) is 3.38. The van der Waals surface area contributed by atoms with Crippen molar-refractivity contribution >= 4 is 11.4 Å². The number of hydrogen-bond acceptors (Lipinski definition) is 4. The second-order valence-corrected chi connectivity index (χ2v) is 3.47. The van der Waals surface area contributed by atoms with E-state index in [-0.39, 0.29) is 5.57 Å². The van der Waals surface area contributed by atoms with E-state index >= 15 is 0 Å². The van der Waals surface area contributed by atoms with Crippen molar-refractivity contribution in [3.05, 3.63) is 35.5 Å². The molecule has 1 heterocycles. The van der Waals surface area contributed by atoms with Gasteiger partial charge in [-0.15, -0.1) is 0 Å². The molecule has 2 rings (SSSR count). The molecular formula is C12H10N4. The first-order valence-corrected chi connectivity index (χ1v) is 4.97. The fourth-order valence-corrected chi connectivity index (χ4v) is 1.64. The summed E-state index contributed by atoms with van der Waals surface area (Å²) in [6.45, 7) is 0.969. The quantitative estimate of drug-likeness (QED) is 0.732. The Bertz CT molecular complexity index is 501. The lowest BCUT2D eigenvalue weighted by molar-refractivity contribution is 1.11. The summed E-state index contributed by atoms with van der Waals surface area (Å²) in [6.07, 6.45) is 2.43. The first-order valence-electron chi connectivity index (χ1n) is 4.97. The van der Waals surface area contributed by atoms with Gasteiger partial charge in [0.05, 0.1) is 0 Å². The molecule has 0 unspecified atom stereocenters. The molecule has 0 radical (unpaired) electrons. The Balaban J connectivity index is 2.16. The monoisotopic (exact) mass is 210 g/mol. The van der Waals surface area contributed by atoms with Crippen LogP contribution >= 0.6 is 0 Å². The van der Waals surface area contributed by atoms with Gasteiger partial charge in [0.15, 0.2) is 0 Å². The number of allylic oxidation sites excluding steroid dienone is 1. The van der Waals surface area contributed by atoms with Crippen molar-refractivity contribution in [3.8, 4) is 12.1 Å². The molecule has 0 fully saturated rings. The Kier molecular flexibility index (Phi) is 2.75. The predicted molar refractivity (Wildman–Crippen MR) is 61.6 cm³/mol. The van der Waals surface area contributed by atoms with Crippen molar-refractivity contribution in [1.82, 2.24) is 0 Å². The van der Waals surface area contributed by atoms with Crippen LogP contribution in [0.1, 0.15) is 5.56 Å². The average Bonchev–Trinajstić information content (AvgIpc) is 2.77. The molecule has 2 N–H and O–H groups in total. The van der Waals surface area contributed by atoms with Gasteiger partial charge in [0.25, 0.3) is 0 Å². The maximum absolute atomic E-state index is 8.57. The zero-order valence-corrected chi connectivity index (χ0v) is 8.62. The van der Waals surface area contributed by atoms with E-state index in [4.69, 9.17) is 10.5 Å². The molecule has 0 amide bonds. The topological polar surface area (TPSA) is 71.6 Å². The summed E-state index contributed by atoms with van der Waals surface area (Å²) < 4.78 is 0. The van der Waals surface area contributed by atoms with Crippen LogP contribution in [-0.2, 0) is 6.42 Å². The maximum Gasteiger partial charge on any atom is 0.145 e. The van der Waals surface area contributed by atoms with Crippen LogP contribution in [0.3, 0.4) is 0 Å². The average molecular weight is 210 g/mol. The first-order chi connectivity index (χ1) is 7.83. The third kappa shape index (κ3) is 1.97. The van der Waals surface area contributed by atoms with Gasteiger partial charge in [0.2, 0.25) is 0 Å². The van der Waals surface area contributed by atoms with Crippen LogP contribution < -0.4 is 10.6 Å². The summed E-state index contributed by atoms with van der Waals surface area (Å²) in [5, 5.41) is 23.3. The molecular weight excluding hydrogens is 200 g/mol. The van der Waals surface area contributed by atoms with Crippen LogP contribution in [0.5, 0.6) is 0 Å². The molecule has 0 aromatic heterocycles. The van der Waals surface area contributed by atoms with Gasteiger partial charge in [-0.05, 0) is 30.2 Å². The molecule has 0 aliphatic carbocycles. The zero-order valence-electron chi connectivity index (χ0n) is 8.62. The molecule has 78 valence electrons. The van der Waals surface area contributed by atoms with Gasteiger partial charge in [0.1, 0.15) is 17.7 Å². The summed E-state index contributed by atoms with van der Waals surface area (Å²) in [4.78, 5) is 0. The Morgan fingerprint density at radius 2 is 2.19 bits per heavy atom. The Morgan fingerprint density at radius 3 is 2.94 bits per heavy atom. The van der Waals surface area contributed by atoms with Gasteiger partial charge in [-0.25, -0.2) is 0 Å². The lowest BCUT2D eigenvalue weighted by atomic mass is 10.1. The normalized spacial score (nSPS) is 11.6. The number of nitrogens with zero attached hydrogens (tertiary/aromatic N) is 2. The highest BCUT2D eigenvalue weighted by Crippen LogP contribution is 2.25. The summed E-state index contributed by atoms with van der Waals surface area (Å²) in [5.74, 6) is 0. The third-order valence-electron chi connectivity index (χ3n) is 2.44. The van der Waals surface area contributed by atoms with Crippen LogP contribution in [0.25, 0.3) is 0 Å². The number of fused-ring (bicyclic) bond motifs is 1. The highest BCUT2D eigenvalue weighted by molar-refractivity contribution is 5.63. The second-order valence-electron chi connectivity index (χ2n) is 3.47. The zero-order chi connectivity index (χ0) is 11.4. The molecule has 1 aromatic rings. The van der Waals surface area contributed by atoms with E-state index in [0.29, 0.717) is 0 Å². The van der Waals surface area contributed by atoms with Crippen molar-refractivity contribution in [2.24, 2.45) is 0 Å². The molecule has 16 heavy (non-hydrogen) atoms. The molecule has 1 aliphatic heterocycles. The molecule has 1 aromatic carbocycles. The van der Waals surface area contributed by atoms with Gasteiger partial charge in [-0.1, -0.05) is 0 Å². The van der Waals surface area contributed by atoms with Crippen LogP contribution in [0.2, 0.25) is 0 Å². The number of nitriles is 2. The van der Waals surface area contributed by atoms with Crippen molar-refractivity contribution < 1.29 is 0 Å². The first kappa shape index (κ1) is 10.1. The molecule has 0 bridgehead atoms. The van der Waals surface area contributed by atoms with E-state index in [1.165, 1.54) is 11.8 Å². The van der Waals surface area contributed by atoms with E-state index in [2.05, 4.69) is 10.6 Å². The molecule has 0 atom stereocenters. The molecule has 4 nitrogen and oxygen atoms in total. The standard InChI is InChI=1S/C12H10N4/c13-6-9(7-14)8-16-11-1-2-12-10(5-11)3-4-15-12/h1-2,5,8,15-16H,3-4H2. The van der Waals surface area contributed by atoms with E-state index in [9.17, 15) is 0 Å². The molecule has 0 saturated carbocycles. The van der Waals surface area contributed by atoms with Crippen LogP contribution in [-0.4, -0.2) is 6.54 Å². The number of hydrogen-bond donors (Lipinski definition) is 2. The van der Waals surface area contributed by atoms with E-state index in [0.717, 1.165) is 24.3 Å². The van der Waals surface area contributed by atoms with Gasteiger partial charge >= 0.3 is 0 Å². The Labute approximate surface area is 93.8 Å². The summed E-state index contributed by atoms with van der Waals surface area (Å²) in [6, 6.07) is 9.54. The largest absolute Gasteiger partial charge is 0.384 e. The highest BCUT2D eigenvalue weighted by Gasteiger charge is 2.09. The van der Waals surface area contributed by atoms with E-state index in [1.54, 1.807) is 12.1 Å². The second kappa shape index (κ2) is 4.37. The number of nitrogens with one attached hydrogen (secondary N) is 2. The fraction of sp³-hybridized carbons (Fsp3) is 0.167. The molecule has 0 saturated heterocycles. The smallest absolute Gasteiger partial charge is 0.145 e. The van der Waals surface area contributed by atoms with Crippen LogP contribution in [0, 0.1) is 22.7 Å². The maximum atomic E-state index is 8.57. The van der Waals surface area contributed by atoms with Gasteiger partial charge in [-0.3, -0.25) is 0 Å². The highest BCUT2D eigenvalue weighted by atomic mass is 14.9. The van der Waals surface area contributed by atoms with E-state index in [1.807, 2.05) is 18.2 Å². The van der Waals surface area contributed by atoms with Gasteiger partial charge in [0, 0.05) is 24.1 Å². The third-order valence-corrected chi connectivity index (χ3v) is 2.44. The number of benzene rings is 1. The van der Waals surface area contributed by atoms with Crippen molar-refractivity contribution in [1.29, 1.82) is 10.5 Å². The molecule has 1 aliphatic rings. The lowest BCUT2D eigenvalue weighted by Gasteiger charge is -2.04. The van der Waals surface area contributed by atoms with E-state index < -0.39 is 0 Å². The SMILES string of the molecule is N#CC(C#N)=CNc1ccc2c(c1)CCN2. The summed E-state index contributed by atoms with van der Waals surface area (Å²) in [7, 11) is 0. The van der Waals surface area contributed by atoms with Crippen LogP contribution in [0.15, 0.2) is 30.0 Å². The minimum Gasteiger partial charge on any atom is -0.384 e. The minimum atomic E-state index is 0.0682. The molecule has 0 spiro atoms. The van der Waals surface area contributed by atoms with Crippen molar-refractivity contribution in [2.45, 2.75) is 6.42 Å². The van der Waals surface area contributed by atoms with Gasteiger partial charge in [-0.2, -0.15) is 10.5 Å². The number of anilines is 2. The van der Waals surface area contributed by atoms with Crippen molar-refractivity contribution in [3.63, 3.8) is 0 Å². The number of rotatable bonds is 2. The predicted octanol–water partition coefficient (Wildman–Crippen LogP) is 2.00.